The lowest BCUT2D eigenvalue weighted by Gasteiger charge is -2.36. The van der Waals surface area contributed by atoms with Crippen LogP contribution in [0.1, 0.15) is 28.6 Å². The summed E-state index contributed by atoms with van der Waals surface area (Å²) in [5.41, 5.74) is 4.75. The van der Waals surface area contributed by atoms with E-state index in [0.29, 0.717) is 26.2 Å². The first-order chi connectivity index (χ1) is 12.1. The zero-order valence-electron chi connectivity index (χ0n) is 14.4. The van der Waals surface area contributed by atoms with Gasteiger partial charge in [-0.15, -0.1) is 0 Å². The summed E-state index contributed by atoms with van der Waals surface area (Å²) in [5.74, 6) is 0.0954. The molecule has 4 rings (SSSR count). The van der Waals surface area contributed by atoms with E-state index in [1.807, 2.05) is 37.1 Å². The van der Waals surface area contributed by atoms with E-state index in [-0.39, 0.29) is 11.9 Å². The van der Waals surface area contributed by atoms with Gasteiger partial charge in [-0.25, -0.2) is 4.98 Å². The van der Waals surface area contributed by atoms with Crippen LogP contribution in [0.4, 0.5) is 0 Å². The Balaban J connectivity index is 1.61. The highest BCUT2D eigenvalue weighted by Gasteiger charge is 2.32. The molecular weight excluding hydrogens is 318 g/mol. The van der Waals surface area contributed by atoms with Gasteiger partial charge in [-0.1, -0.05) is 0 Å². The summed E-state index contributed by atoms with van der Waals surface area (Å²) in [6, 6.07) is 3.78. The summed E-state index contributed by atoms with van der Waals surface area (Å²) in [7, 11) is 0. The van der Waals surface area contributed by atoms with Gasteiger partial charge in [0.05, 0.1) is 31.4 Å². The molecule has 1 aliphatic rings. The zero-order valence-corrected chi connectivity index (χ0v) is 14.4. The number of aromatic amines is 2. The minimum Gasteiger partial charge on any atom is -0.377 e. The summed E-state index contributed by atoms with van der Waals surface area (Å²) >= 11 is 0. The molecule has 1 aliphatic heterocycles. The Morgan fingerprint density at radius 1 is 1.44 bits per heavy atom. The molecule has 25 heavy (non-hydrogen) atoms. The maximum Gasteiger partial charge on any atom is 0.227 e. The molecule has 7 nitrogen and oxygen atoms in total. The SMILES string of the molecule is Cc1n[nH]c(C)c1C1COCCN1C(=O)Cc1c[nH]c2ncccc12. The maximum atomic E-state index is 13.0. The van der Waals surface area contributed by atoms with E-state index in [1.165, 1.54) is 0 Å². The monoisotopic (exact) mass is 339 g/mol. The zero-order chi connectivity index (χ0) is 17.4. The van der Waals surface area contributed by atoms with E-state index in [4.69, 9.17) is 4.74 Å². The number of fused-ring (bicyclic) bond motifs is 1. The minimum atomic E-state index is -0.0941. The van der Waals surface area contributed by atoms with E-state index in [9.17, 15) is 4.79 Å². The number of hydrogen-bond donors (Lipinski definition) is 2. The Labute approximate surface area is 145 Å². The third kappa shape index (κ3) is 2.80. The molecule has 1 unspecified atom stereocenters. The van der Waals surface area contributed by atoms with Gasteiger partial charge in [0.25, 0.3) is 0 Å². The van der Waals surface area contributed by atoms with Crippen molar-refractivity contribution in [3.8, 4) is 0 Å². The molecule has 1 atom stereocenters. The lowest BCUT2D eigenvalue weighted by molar-refractivity contribution is -0.139. The highest BCUT2D eigenvalue weighted by molar-refractivity contribution is 5.87. The van der Waals surface area contributed by atoms with Gasteiger partial charge >= 0.3 is 0 Å². The van der Waals surface area contributed by atoms with Gasteiger partial charge in [0.2, 0.25) is 5.91 Å². The van der Waals surface area contributed by atoms with Crippen molar-refractivity contribution in [3.05, 3.63) is 47.0 Å². The Bertz CT molecular complexity index is 894. The molecule has 4 heterocycles. The first-order valence-electron chi connectivity index (χ1n) is 8.45. The van der Waals surface area contributed by atoms with Gasteiger partial charge < -0.3 is 14.6 Å². The Morgan fingerprint density at radius 3 is 3.12 bits per heavy atom. The fourth-order valence-electron chi connectivity index (χ4n) is 3.62. The fraction of sp³-hybridized carbons (Fsp3) is 0.389. The van der Waals surface area contributed by atoms with Crippen molar-refractivity contribution >= 4 is 16.9 Å². The van der Waals surface area contributed by atoms with Crippen molar-refractivity contribution in [3.63, 3.8) is 0 Å². The van der Waals surface area contributed by atoms with Gasteiger partial charge in [0, 0.05) is 35.6 Å². The van der Waals surface area contributed by atoms with Crippen molar-refractivity contribution in [2.75, 3.05) is 19.8 Å². The fourth-order valence-corrected chi connectivity index (χ4v) is 3.62. The predicted octanol–water partition coefficient (Wildman–Crippen LogP) is 2.05. The summed E-state index contributed by atoms with van der Waals surface area (Å²) < 4.78 is 5.65. The van der Waals surface area contributed by atoms with Crippen LogP contribution in [0.15, 0.2) is 24.5 Å². The summed E-state index contributed by atoms with van der Waals surface area (Å²) in [6.45, 7) is 5.60. The second-order valence-electron chi connectivity index (χ2n) is 6.42. The van der Waals surface area contributed by atoms with Crippen molar-refractivity contribution in [1.29, 1.82) is 0 Å². The summed E-state index contributed by atoms with van der Waals surface area (Å²) in [5, 5.41) is 8.27. The number of ether oxygens (including phenoxy) is 1. The number of nitrogens with zero attached hydrogens (tertiary/aromatic N) is 3. The topological polar surface area (TPSA) is 86.9 Å². The predicted molar refractivity (Wildman–Crippen MR) is 93.1 cm³/mol. The minimum absolute atomic E-state index is 0.0941. The number of pyridine rings is 1. The number of carbonyl (C=O) groups is 1. The van der Waals surface area contributed by atoms with E-state index >= 15 is 0 Å². The van der Waals surface area contributed by atoms with E-state index < -0.39 is 0 Å². The molecule has 1 saturated heterocycles. The van der Waals surface area contributed by atoms with Gasteiger partial charge in [0.1, 0.15) is 5.65 Å². The number of rotatable bonds is 3. The molecule has 0 bridgehead atoms. The molecule has 1 amide bonds. The quantitative estimate of drug-likeness (QED) is 0.764. The molecule has 0 spiro atoms. The molecule has 3 aromatic heterocycles. The van der Waals surface area contributed by atoms with Gasteiger partial charge in [-0.3, -0.25) is 9.89 Å². The number of amides is 1. The first kappa shape index (κ1) is 15.8. The molecule has 3 aromatic rings. The number of morpholine rings is 1. The second-order valence-corrected chi connectivity index (χ2v) is 6.42. The molecule has 0 aliphatic carbocycles. The Kier molecular flexibility index (Phi) is 4.01. The third-order valence-electron chi connectivity index (χ3n) is 4.85. The summed E-state index contributed by atoms with van der Waals surface area (Å²) in [6.07, 6.45) is 3.96. The number of aromatic nitrogens is 4. The molecular formula is C18H21N5O2. The van der Waals surface area contributed by atoms with Crippen molar-refractivity contribution in [2.24, 2.45) is 0 Å². The largest absolute Gasteiger partial charge is 0.377 e. The van der Waals surface area contributed by atoms with E-state index in [1.54, 1.807) is 6.20 Å². The standard InChI is InChI=1S/C18H21N5O2/c1-11-17(12(2)22-21-11)15-10-25-7-6-23(15)16(24)8-13-9-20-18-14(13)4-3-5-19-18/h3-5,9,15H,6-8,10H2,1-2H3,(H,19,20)(H,21,22). The highest BCUT2D eigenvalue weighted by Crippen LogP contribution is 2.29. The average molecular weight is 339 g/mol. The van der Waals surface area contributed by atoms with Gasteiger partial charge in [-0.05, 0) is 31.5 Å². The van der Waals surface area contributed by atoms with Gasteiger partial charge in [-0.2, -0.15) is 5.10 Å². The Hall–Kier alpha value is -2.67. The van der Waals surface area contributed by atoms with Crippen LogP contribution < -0.4 is 0 Å². The normalized spacial score (nSPS) is 18.0. The highest BCUT2D eigenvalue weighted by atomic mass is 16.5. The summed E-state index contributed by atoms with van der Waals surface area (Å²) in [4.78, 5) is 22.4. The number of carbonyl (C=O) groups excluding carboxylic acids is 1. The smallest absolute Gasteiger partial charge is 0.227 e. The van der Waals surface area contributed by atoms with Crippen LogP contribution in [0.2, 0.25) is 0 Å². The second kappa shape index (κ2) is 6.33. The molecule has 0 aromatic carbocycles. The average Bonchev–Trinajstić information content (AvgIpc) is 3.18. The Morgan fingerprint density at radius 2 is 2.32 bits per heavy atom. The van der Waals surface area contributed by atoms with E-state index in [0.717, 1.165) is 33.5 Å². The number of H-pyrrole nitrogens is 2. The van der Waals surface area contributed by atoms with Crippen LogP contribution >= 0.6 is 0 Å². The van der Waals surface area contributed by atoms with Crippen LogP contribution in [0.25, 0.3) is 11.0 Å². The first-order valence-corrected chi connectivity index (χ1v) is 8.45. The van der Waals surface area contributed by atoms with Crippen molar-refractivity contribution in [2.45, 2.75) is 26.3 Å². The lowest BCUT2D eigenvalue weighted by Crippen LogP contribution is -2.44. The van der Waals surface area contributed by atoms with Crippen LogP contribution in [0, 0.1) is 13.8 Å². The van der Waals surface area contributed by atoms with Crippen LogP contribution in [0.5, 0.6) is 0 Å². The number of nitrogens with one attached hydrogen (secondary N) is 2. The van der Waals surface area contributed by atoms with Crippen LogP contribution in [-0.4, -0.2) is 50.7 Å². The molecule has 0 saturated carbocycles. The molecule has 0 radical (unpaired) electrons. The number of aryl methyl sites for hydroxylation is 2. The van der Waals surface area contributed by atoms with Crippen molar-refractivity contribution < 1.29 is 9.53 Å². The maximum absolute atomic E-state index is 13.0. The van der Waals surface area contributed by atoms with Crippen LogP contribution in [0.3, 0.4) is 0 Å². The molecule has 7 heteroatoms. The molecule has 2 N–H and O–H groups in total. The number of hydrogen-bond acceptors (Lipinski definition) is 4. The molecule has 130 valence electrons. The van der Waals surface area contributed by atoms with Crippen molar-refractivity contribution in [1.82, 2.24) is 25.1 Å². The third-order valence-corrected chi connectivity index (χ3v) is 4.85. The van der Waals surface area contributed by atoms with Crippen LogP contribution in [-0.2, 0) is 16.0 Å². The van der Waals surface area contributed by atoms with E-state index in [2.05, 4.69) is 20.2 Å². The molecule has 1 fully saturated rings. The lowest BCUT2D eigenvalue weighted by atomic mass is 10.0. The van der Waals surface area contributed by atoms with Gasteiger partial charge in [0.15, 0.2) is 0 Å².